The number of furan rings is 1. The zero-order chi connectivity index (χ0) is 13.4. The van der Waals surface area contributed by atoms with Gasteiger partial charge in [-0.15, -0.1) is 0 Å². The number of pyridine rings is 1. The first kappa shape index (κ1) is 11.1. The van der Waals surface area contributed by atoms with E-state index in [-0.39, 0.29) is 0 Å². The Morgan fingerprint density at radius 1 is 0.800 bits per heavy atom. The molecule has 0 radical (unpaired) electrons. The number of nitrogens with one attached hydrogen (secondary N) is 1. The molecule has 0 unspecified atom stereocenters. The molecule has 3 heteroatoms. The van der Waals surface area contributed by atoms with Crippen LogP contribution in [0.3, 0.4) is 0 Å². The molecular weight excluding hydrogens is 248 g/mol. The van der Waals surface area contributed by atoms with Gasteiger partial charge in [-0.3, -0.25) is 4.98 Å². The van der Waals surface area contributed by atoms with Crippen LogP contribution in [-0.2, 0) is 0 Å². The summed E-state index contributed by atoms with van der Waals surface area (Å²) in [5.74, 6) is 0. The van der Waals surface area contributed by atoms with Gasteiger partial charge in [0.1, 0.15) is 11.1 Å². The van der Waals surface area contributed by atoms with Crippen molar-refractivity contribution in [2.75, 3.05) is 5.32 Å². The third kappa shape index (κ3) is 1.72. The van der Waals surface area contributed by atoms with Gasteiger partial charge in [0, 0.05) is 11.9 Å². The monoisotopic (exact) mass is 260 g/mol. The Labute approximate surface area is 115 Å². The summed E-state index contributed by atoms with van der Waals surface area (Å²) in [5.41, 5.74) is 4.60. The molecule has 0 aliphatic heterocycles. The van der Waals surface area contributed by atoms with E-state index in [1.807, 2.05) is 60.7 Å². The van der Waals surface area contributed by atoms with E-state index < -0.39 is 0 Å². The summed E-state index contributed by atoms with van der Waals surface area (Å²) in [6, 6.07) is 19.9. The first-order valence-electron chi connectivity index (χ1n) is 6.50. The van der Waals surface area contributed by atoms with Crippen LogP contribution in [0, 0.1) is 0 Å². The average Bonchev–Trinajstić information content (AvgIpc) is 2.88. The summed E-state index contributed by atoms with van der Waals surface area (Å²) in [6.07, 6.45) is 1.79. The minimum atomic E-state index is 0.810. The molecule has 0 saturated carbocycles. The SMILES string of the molecule is c1ccc(Nc2cccc3oc4cccnc4c23)cc1. The minimum absolute atomic E-state index is 0.810. The Kier molecular flexibility index (Phi) is 2.42. The molecule has 0 fully saturated rings. The third-order valence-electron chi connectivity index (χ3n) is 3.31. The molecule has 0 amide bonds. The molecule has 2 aromatic heterocycles. The van der Waals surface area contributed by atoms with Crippen molar-refractivity contribution in [3.8, 4) is 0 Å². The summed E-state index contributed by atoms with van der Waals surface area (Å²) in [5, 5.41) is 4.45. The average molecular weight is 260 g/mol. The van der Waals surface area contributed by atoms with E-state index in [0.717, 1.165) is 33.4 Å². The second kappa shape index (κ2) is 4.38. The first-order valence-corrected chi connectivity index (χ1v) is 6.50. The van der Waals surface area contributed by atoms with Crippen LogP contribution in [0.2, 0.25) is 0 Å². The van der Waals surface area contributed by atoms with Crippen LogP contribution in [0.5, 0.6) is 0 Å². The Morgan fingerprint density at radius 2 is 1.65 bits per heavy atom. The topological polar surface area (TPSA) is 38.1 Å². The standard InChI is InChI=1S/C17H12N2O/c1-2-6-12(7-3-1)19-13-8-4-9-14-16(13)17-15(20-14)10-5-11-18-17/h1-11,19H. The van der Waals surface area contributed by atoms with Crippen molar-refractivity contribution in [2.45, 2.75) is 0 Å². The Bertz CT molecular complexity index is 881. The van der Waals surface area contributed by atoms with Crippen molar-refractivity contribution in [3.05, 3.63) is 66.9 Å². The van der Waals surface area contributed by atoms with Gasteiger partial charge >= 0.3 is 0 Å². The Hall–Kier alpha value is -2.81. The lowest BCUT2D eigenvalue weighted by atomic mass is 10.2. The number of rotatable bonds is 2. The quantitative estimate of drug-likeness (QED) is 0.566. The van der Waals surface area contributed by atoms with E-state index in [9.17, 15) is 0 Å². The number of hydrogen-bond donors (Lipinski definition) is 1. The van der Waals surface area contributed by atoms with Crippen LogP contribution in [-0.4, -0.2) is 4.98 Å². The number of benzene rings is 2. The van der Waals surface area contributed by atoms with Crippen LogP contribution in [0.25, 0.3) is 22.1 Å². The third-order valence-corrected chi connectivity index (χ3v) is 3.31. The van der Waals surface area contributed by atoms with Gasteiger partial charge < -0.3 is 9.73 Å². The number of hydrogen-bond acceptors (Lipinski definition) is 3. The second-order valence-corrected chi connectivity index (χ2v) is 4.62. The Morgan fingerprint density at radius 3 is 2.55 bits per heavy atom. The minimum Gasteiger partial charge on any atom is -0.454 e. The maximum Gasteiger partial charge on any atom is 0.153 e. The lowest BCUT2D eigenvalue weighted by molar-refractivity contribution is 0.668. The predicted molar refractivity (Wildman–Crippen MR) is 81.2 cm³/mol. The van der Waals surface area contributed by atoms with Gasteiger partial charge in [0.15, 0.2) is 5.58 Å². The van der Waals surface area contributed by atoms with Crippen LogP contribution < -0.4 is 5.32 Å². The van der Waals surface area contributed by atoms with Crippen molar-refractivity contribution < 1.29 is 4.42 Å². The van der Waals surface area contributed by atoms with Gasteiger partial charge in [-0.05, 0) is 36.4 Å². The van der Waals surface area contributed by atoms with E-state index in [4.69, 9.17) is 4.42 Å². The molecule has 20 heavy (non-hydrogen) atoms. The summed E-state index contributed by atoms with van der Waals surface area (Å²) < 4.78 is 5.83. The summed E-state index contributed by atoms with van der Waals surface area (Å²) in [7, 11) is 0. The molecule has 4 aromatic rings. The highest BCUT2D eigenvalue weighted by molar-refractivity contribution is 6.09. The molecule has 3 nitrogen and oxygen atoms in total. The molecule has 0 spiro atoms. The smallest absolute Gasteiger partial charge is 0.153 e. The van der Waals surface area contributed by atoms with Crippen molar-refractivity contribution in [3.63, 3.8) is 0 Å². The molecule has 0 bridgehead atoms. The van der Waals surface area contributed by atoms with Crippen LogP contribution in [0.1, 0.15) is 0 Å². The molecule has 0 aliphatic carbocycles. The zero-order valence-corrected chi connectivity index (χ0v) is 10.7. The maximum atomic E-state index is 5.83. The Balaban J connectivity index is 1.95. The highest BCUT2D eigenvalue weighted by Gasteiger charge is 2.11. The molecule has 0 atom stereocenters. The molecule has 1 N–H and O–H groups in total. The van der Waals surface area contributed by atoms with Crippen molar-refractivity contribution in [2.24, 2.45) is 0 Å². The van der Waals surface area contributed by atoms with Gasteiger partial charge in [-0.2, -0.15) is 0 Å². The number of fused-ring (bicyclic) bond motifs is 3. The predicted octanol–water partition coefficient (Wildman–Crippen LogP) is 4.72. The zero-order valence-electron chi connectivity index (χ0n) is 10.7. The van der Waals surface area contributed by atoms with Gasteiger partial charge in [0.25, 0.3) is 0 Å². The summed E-state index contributed by atoms with van der Waals surface area (Å²) >= 11 is 0. The van der Waals surface area contributed by atoms with E-state index in [1.54, 1.807) is 6.20 Å². The van der Waals surface area contributed by atoms with Gasteiger partial charge in [-0.25, -0.2) is 0 Å². The molecule has 96 valence electrons. The second-order valence-electron chi connectivity index (χ2n) is 4.62. The number of nitrogens with zero attached hydrogens (tertiary/aromatic N) is 1. The lowest BCUT2D eigenvalue weighted by Gasteiger charge is -2.07. The maximum absolute atomic E-state index is 5.83. The summed E-state index contributed by atoms with van der Waals surface area (Å²) in [6.45, 7) is 0. The van der Waals surface area contributed by atoms with E-state index in [2.05, 4.69) is 10.3 Å². The summed E-state index contributed by atoms with van der Waals surface area (Å²) in [4.78, 5) is 4.44. The van der Waals surface area contributed by atoms with E-state index >= 15 is 0 Å². The molecule has 0 aliphatic rings. The van der Waals surface area contributed by atoms with Gasteiger partial charge in [0.05, 0.1) is 11.1 Å². The molecule has 4 rings (SSSR count). The molecular formula is C17H12N2O. The van der Waals surface area contributed by atoms with Crippen molar-refractivity contribution >= 4 is 33.4 Å². The van der Waals surface area contributed by atoms with Crippen molar-refractivity contribution in [1.82, 2.24) is 4.98 Å². The van der Waals surface area contributed by atoms with E-state index in [1.165, 1.54) is 0 Å². The van der Waals surface area contributed by atoms with Crippen molar-refractivity contribution in [1.29, 1.82) is 0 Å². The van der Waals surface area contributed by atoms with Crippen LogP contribution in [0.15, 0.2) is 71.3 Å². The first-order chi connectivity index (χ1) is 9.92. The number of anilines is 2. The van der Waals surface area contributed by atoms with Gasteiger partial charge in [-0.1, -0.05) is 24.3 Å². The number of para-hydroxylation sites is 1. The highest BCUT2D eigenvalue weighted by atomic mass is 16.3. The van der Waals surface area contributed by atoms with Crippen LogP contribution in [0.4, 0.5) is 11.4 Å². The number of aromatic nitrogens is 1. The molecule has 2 heterocycles. The van der Waals surface area contributed by atoms with Crippen LogP contribution >= 0.6 is 0 Å². The molecule has 0 saturated heterocycles. The largest absolute Gasteiger partial charge is 0.454 e. The van der Waals surface area contributed by atoms with Gasteiger partial charge in [0.2, 0.25) is 0 Å². The molecule has 2 aromatic carbocycles. The van der Waals surface area contributed by atoms with E-state index in [0.29, 0.717) is 0 Å². The lowest BCUT2D eigenvalue weighted by Crippen LogP contribution is -1.90. The highest BCUT2D eigenvalue weighted by Crippen LogP contribution is 2.33. The fourth-order valence-electron chi connectivity index (χ4n) is 2.42. The normalized spacial score (nSPS) is 11.0. The fraction of sp³-hybridized carbons (Fsp3) is 0. The fourth-order valence-corrected chi connectivity index (χ4v) is 2.42.